The number of rotatable bonds is 2. The van der Waals surface area contributed by atoms with Crippen LogP contribution < -0.4 is 0 Å². The van der Waals surface area contributed by atoms with Crippen molar-refractivity contribution in [3.8, 4) is 0 Å². The smallest absolute Gasteiger partial charge is 0.156 e. The van der Waals surface area contributed by atoms with Crippen molar-refractivity contribution >= 4 is 7.26 Å². The topological polar surface area (TPSA) is 40.5 Å². The first-order valence-corrected chi connectivity index (χ1v) is 7.71. The molecule has 0 saturated carbocycles. The van der Waals surface area contributed by atoms with E-state index in [1.807, 2.05) is 0 Å². The zero-order valence-corrected chi connectivity index (χ0v) is 9.05. The first-order valence-electron chi connectivity index (χ1n) is 5.41. The van der Waals surface area contributed by atoms with Gasteiger partial charge in [0.2, 0.25) is 0 Å². The summed E-state index contributed by atoms with van der Waals surface area (Å²) in [5, 5.41) is 19.1. The van der Waals surface area contributed by atoms with Gasteiger partial charge in [0.05, 0.1) is 18.6 Å². The summed E-state index contributed by atoms with van der Waals surface area (Å²) in [6.45, 7) is 0. The van der Waals surface area contributed by atoms with Gasteiger partial charge in [-0.3, -0.25) is 0 Å². The summed E-state index contributed by atoms with van der Waals surface area (Å²) in [4.78, 5) is 0. The highest BCUT2D eigenvalue weighted by atomic mass is 31.2. The van der Waals surface area contributed by atoms with Crippen LogP contribution in [0.25, 0.3) is 0 Å². The van der Waals surface area contributed by atoms with E-state index in [0.717, 1.165) is 0 Å². The van der Waals surface area contributed by atoms with Crippen LogP contribution in [0.5, 0.6) is 0 Å². The van der Waals surface area contributed by atoms with Gasteiger partial charge in [-0.1, -0.05) is 0 Å². The molecular formula is C10H20O2P+. The molecule has 2 N–H and O–H groups in total. The van der Waals surface area contributed by atoms with Crippen LogP contribution >= 0.6 is 7.26 Å². The van der Waals surface area contributed by atoms with Crippen LogP contribution in [-0.2, 0) is 0 Å². The van der Waals surface area contributed by atoms with Crippen LogP contribution in [-0.4, -0.2) is 34.2 Å². The molecule has 0 radical (unpaired) electrons. The van der Waals surface area contributed by atoms with E-state index in [1.54, 1.807) is 0 Å². The Balaban J connectivity index is 2.23. The molecule has 0 unspecified atom stereocenters. The van der Waals surface area contributed by atoms with Crippen molar-refractivity contribution in [2.75, 3.05) is 12.7 Å². The third-order valence-electron chi connectivity index (χ3n) is 4.14. The van der Waals surface area contributed by atoms with Gasteiger partial charge in [0.15, 0.2) is 12.7 Å². The molecular weight excluding hydrogens is 183 g/mol. The largest absolute Gasteiger partial charge is 0.362 e. The molecule has 3 heteroatoms. The molecule has 2 aliphatic heterocycles. The van der Waals surface area contributed by atoms with Crippen LogP contribution in [0.1, 0.15) is 38.5 Å². The molecule has 0 aliphatic carbocycles. The minimum absolute atomic E-state index is 0.304. The Morgan fingerprint density at radius 1 is 0.846 bits per heavy atom. The number of hydrogen-bond acceptors (Lipinski definition) is 2. The summed E-state index contributed by atoms with van der Waals surface area (Å²) in [5.41, 5.74) is 1.41. The molecule has 2 atom stereocenters. The van der Waals surface area contributed by atoms with Crippen molar-refractivity contribution in [2.45, 2.75) is 49.8 Å². The minimum Gasteiger partial charge on any atom is -0.362 e. The predicted molar refractivity (Wildman–Crippen MR) is 56.4 cm³/mol. The molecule has 2 heterocycles. The lowest BCUT2D eigenvalue weighted by atomic mass is 10.0. The molecule has 0 aromatic rings. The molecule has 0 aromatic carbocycles. The summed E-state index contributed by atoms with van der Waals surface area (Å²) < 4.78 is 0. The molecule has 13 heavy (non-hydrogen) atoms. The van der Waals surface area contributed by atoms with Crippen molar-refractivity contribution in [3.63, 3.8) is 0 Å². The van der Waals surface area contributed by atoms with E-state index >= 15 is 0 Å². The highest BCUT2D eigenvalue weighted by Crippen LogP contribution is 2.74. The molecule has 2 nitrogen and oxygen atoms in total. The zero-order valence-electron chi connectivity index (χ0n) is 8.15. The maximum atomic E-state index is 9.54. The van der Waals surface area contributed by atoms with Crippen molar-refractivity contribution in [1.29, 1.82) is 0 Å². The van der Waals surface area contributed by atoms with E-state index in [2.05, 4.69) is 0 Å². The van der Waals surface area contributed by atoms with E-state index in [9.17, 15) is 10.2 Å². The van der Waals surface area contributed by atoms with Gasteiger partial charge < -0.3 is 10.2 Å². The molecule has 76 valence electrons. The second-order valence-electron chi connectivity index (χ2n) is 4.56. The number of aliphatic hydroxyl groups is 2. The Labute approximate surface area is 80.7 Å². The van der Waals surface area contributed by atoms with Crippen LogP contribution in [0, 0.1) is 0 Å². The normalized spacial score (nSPS) is 37.4. The van der Waals surface area contributed by atoms with Crippen LogP contribution in [0.15, 0.2) is 0 Å². The monoisotopic (exact) mass is 203 g/mol. The highest BCUT2D eigenvalue weighted by Gasteiger charge is 2.56. The van der Waals surface area contributed by atoms with E-state index < -0.39 is 7.26 Å². The maximum absolute atomic E-state index is 9.54. The van der Waals surface area contributed by atoms with Gasteiger partial charge in [-0.15, -0.1) is 0 Å². The summed E-state index contributed by atoms with van der Waals surface area (Å²) in [6, 6.07) is 0. The molecule has 2 aliphatic rings. The Hall–Kier alpha value is 0.350. The first kappa shape index (κ1) is 9.89. The predicted octanol–water partition coefficient (Wildman–Crippen LogP) is 2.01. The van der Waals surface area contributed by atoms with Gasteiger partial charge >= 0.3 is 0 Å². The minimum atomic E-state index is -1.36. The van der Waals surface area contributed by atoms with Crippen molar-refractivity contribution in [3.05, 3.63) is 0 Å². The second-order valence-corrected chi connectivity index (χ2v) is 8.79. The average molecular weight is 203 g/mol. The standard InChI is InChI=1S/C10H20O2P/c11-7-13(8-12)9-3-1-2-4-10(13)6-5-9/h9-12H,1-8H2/q+1/t9-,10+. The Kier molecular flexibility index (Phi) is 2.92. The van der Waals surface area contributed by atoms with E-state index in [-0.39, 0.29) is 0 Å². The fraction of sp³-hybridized carbons (Fsp3) is 1.00. The van der Waals surface area contributed by atoms with E-state index in [1.165, 1.54) is 38.5 Å². The van der Waals surface area contributed by atoms with Crippen LogP contribution in [0.2, 0.25) is 0 Å². The lowest BCUT2D eigenvalue weighted by Crippen LogP contribution is -2.19. The summed E-state index contributed by atoms with van der Waals surface area (Å²) in [6.07, 6.45) is 8.35. The lowest BCUT2D eigenvalue weighted by Gasteiger charge is -2.28. The Morgan fingerprint density at radius 3 is 1.69 bits per heavy atom. The zero-order chi connectivity index (χ0) is 9.31. The van der Waals surface area contributed by atoms with E-state index in [4.69, 9.17) is 0 Å². The Morgan fingerprint density at radius 2 is 1.31 bits per heavy atom. The fourth-order valence-corrected chi connectivity index (χ4v) is 7.60. The quantitative estimate of drug-likeness (QED) is 0.674. The lowest BCUT2D eigenvalue weighted by molar-refractivity contribution is 0.334. The number of fused-ring (bicyclic) bond motifs is 2. The van der Waals surface area contributed by atoms with Gasteiger partial charge in [-0.25, -0.2) is 0 Å². The van der Waals surface area contributed by atoms with Gasteiger partial charge in [0, 0.05) is 0 Å². The fourth-order valence-electron chi connectivity index (χ4n) is 3.27. The second kappa shape index (κ2) is 3.84. The molecule has 0 aromatic heterocycles. The van der Waals surface area contributed by atoms with Gasteiger partial charge in [-0.05, 0) is 38.5 Å². The highest BCUT2D eigenvalue weighted by molar-refractivity contribution is 7.77. The average Bonchev–Trinajstić information content (AvgIpc) is 2.36. The molecule has 2 saturated heterocycles. The van der Waals surface area contributed by atoms with Crippen LogP contribution in [0.4, 0.5) is 0 Å². The molecule has 2 rings (SSSR count). The molecule has 0 amide bonds. The first-order chi connectivity index (χ1) is 6.33. The molecule has 2 fully saturated rings. The molecule has 2 bridgehead atoms. The molecule has 0 spiro atoms. The third-order valence-corrected chi connectivity index (χ3v) is 9.13. The van der Waals surface area contributed by atoms with E-state index in [0.29, 0.717) is 24.0 Å². The van der Waals surface area contributed by atoms with Crippen LogP contribution in [0.3, 0.4) is 0 Å². The number of hydrogen-bond donors (Lipinski definition) is 2. The third kappa shape index (κ3) is 1.44. The SMILES string of the molecule is OC[P+]1(CO)[C@@H]2CCCC[C@H]1CC2. The van der Waals surface area contributed by atoms with Gasteiger partial charge in [0.25, 0.3) is 0 Å². The summed E-state index contributed by atoms with van der Waals surface area (Å²) in [7, 11) is -1.36. The Bertz CT molecular complexity index is 164. The van der Waals surface area contributed by atoms with Gasteiger partial charge in [0.1, 0.15) is 0 Å². The summed E-state index contributed by atoms with van der Waals surface area (Å²) >= 11 is 0. The number of aliphatic hydroxyl groups excluding tert-OH is 2. The van der Waals surface area contributed by atoms with Crippen molar-refractivity contribution < 1.29 is 10.2 Å². The maximum Gasteiger partial charge on any atom is 0.156 e. The van der Waals surface area contributed by atoms with Crippen molar-refractivity contribution in [2.24, 2.45) is 0 Å². The van der Waals surface area contributed by atoms with Crippen molar-refractivity contribution in [1.82, 2.24) is 0 Å². The van der Waals surface area contributed by atoms with Gasteiger partial charge in [-0.2, -0.15) is 0 Å². The summed E-state index contributed by atoms with van der Waals surface area (Å²) in [5.74, 6) is 0.